The summed E-state index contributed by atoms with van der Waals surface area (Å²) in [5.41, 5.74) is 0.998. The van der Waals surface area contributed by atoms with Crippen molar-refractivity contribution in [2.45, 2.75) is 44.8 Å². The Bertz CT molecular complexity index is 1380. The standard InChI is InChI=1S/C28H38N4O6S2.ClH/c1-7-30(8-2)15-16-32(28-29-25-23(36-5)13-14-24(37-6)26(25)39-28)27(33)21-9-11-22(12-10-21)40(34,35)31-17-19(3)38-20(4)18-31;/h9-14,19-20H,7-8,15-18H2,1-6H3;1H. The molecule has 226 valence electrons. The first-order chi connectivity index (χ1) is 19.1. The Morgan fingerprint density at radius 3 is 2.15 bits per heavy atom. The smallest absolute Gasteiger partial charge is 0.260 e. The molecule has 0 aliphatic carbocycles. The topological polar surface area (TPSA) is 102 Å². The molecule has 41 heavy (non-hydrogen) atoms. The third-order valence-corrected chi connectivity index (χ3v) is 9.97. The van der Waals surface area contributed by atoms with Gasteiger partial charge in [0, 0.05) is 31.7 Å². The van der Waals surface area contributed by atoms with E-state index in [1.54, 1.807) is 37.3 Å². The number of rotatable bonds is 11. The molecule has 4 rings (SSSR count). The van der Waals surface area contributed by atoms with E-state index in [1.807, 2.05) is 19.9 Å². The van der Waals surface area contributed by atoms with Gasteiger partial charge < -0.3 is 19.1 Å². The van der Waals surface area contributed by atoms with Crippen molar-refractivity contribution in [1.29, 1.82) is 0 Å². The number of aromatic nitrogens is 1. The van der Waals surface area contributed by atoms with Crippen molar-refractivity contribution >= 4 is 55.0 Å². The summed E-state index contributed by atoms with van der Waals surface area (Å²) in [5.74, 6) is 0.981. The number of fused-ring (bicyclic) bond motifs is 1. The van der Waals surface area contributed by atoms with Crippen LogP contribution in [0.15, 0.2) is 41.3 Å². The zero-order valence-corrected chi connectivity index (χ0v) is 26.8. The zero-order chi connectivity index (χ0) is 29.0. The molecule has 2 aromatic carbocycles. The Kier molecular flexibility index (Phi) is 11.4. The number of ether oxygens (including phenoxy) is 3. The van der Waals surface area contributed by atoms with Crippen LogP contribution in [0.1, 0.15) is 38.1 Å². The predicted octanol–water partition coefficient (Wildman–Crippen LogP) is 4.52. The summed E-state index contributed by atoms with van der Waals surface area (Å²) in [6, 6.07) is 9.76. The maximum Gasteiger partial charge on any atom is 0.260 e. The van der Waals surface area contributed by atoms with E-state index in [0.29, 0.717) is 40.8 Å². The van der Waals surface area contributed by atoms with Crippen LogP contribution in [0.4, 0.5) is 5.13 Å². The van der Waals surface area contributed by atoms with Crippen molar-refractivity contribution in [2.75, 3.05) is 58.4 Å². The van der Waals surface area contributed by atoms with E-state index < -0.39 is 10.0 Å². The van der Waals surface area contributed by atoms with Gasteiger partial charge in [-0.2, -0.15) is 4.31 Å². The van der Waals surface area contributed by atoms with Crippen LogP contribution in [-0.4, -0.2) is 94.2 Å². The molecule has 1 amide bonds. The van der Waals surface area contributed by atoms with Crippen LogP contribution in [0.25, 0.3) is 10.2 Å². The average Bonchev–Trinajstić information content (AvgIpc) is 3.39. The monoisotopic (exact) mass is 626 g/mol. The minimum Gasteiger partial charge on any atom is -0.495 e. The number of thiazole rings is 1. The fourth-order valence-corrected chi connectivity index (χ4v) is 7.55. The highest BCUT2D eigenvalue weighted by atomic mass is 35.5. The van der Waals surface area contributed by atoms with Crippen molar-refractivity contribution in [3.05, 3.63) is 42.0 Å². The normalized spacial score (nSPS) is 17.8. The summed E-state index contributed by atoms with van der Waals surface area (Å²) < 4.78 is 45.6. The molecule has 1 saturated heterocycles. The van der Waals surface area contributed by atoms with Crippen LogP contribution in [0.5, 0.6) is 11.5 Å². The Labute approximate surface area is 252 Å². The summed E-state index contributed by atoms with van der Waals surface area (Å²) in [4.78, 5) is 22.7. The van der Waals surface area contributed by atoms with Gasteiger partial charge in [0.2, 0.25) is 10.0 Å². The summed E-state index contributed by atoms with van der Waals surface area (Å²) in [6.45, 7) is 11.2. The summed E-state index contributed by atoms with van der Waals surface area (Å²) in [5, 5.41) is 0.517. The van der Waals surface area contributed by atoms with Crippen LogP contribution in [0, 0.1) is 0 Å². The van der Waals surface area contributed by atoms with Gasteiger partial charge in [0.1, 0.15) is 21.7 Å². The molecule has 1 aliphatic heterocycles. The quantitative estimate of drug-likeness (QED) is 0.306. The SMILES string of the molecule is CCN(CC)CCN(C(=O)c1ccc(S(=O)(=O)N2CC(C)OC(C)C2)cc1)c1nc2c(OC)ccc(OC)c2s1.Cl. The fourth-order valence-electron chi connectivity index (χ4n) is 4.86. The number of likely N-dealkylation sites (N-methyl/N-ethyl adjacent to an activating group) is 1. The van der Waals surface area contributed by atoms with Crippen molar-refractivity contribution in [3.8, 4) is 11.5 Å². The van der Waals surface area contributed by atoms with Crippen LogP contribution in [-0.2, 0) is 14.8 Å². The predicted molar refractivity (Wildman–Crippen MR) is 165 cm³/mol. The highest BCUT2D eigenvalue weighted by molar-refractivity contribution is 7.89. The Morgan fingerprint density at radius 1 is 1.00 bits per heavy atom. The van der Waals surface area contributed by atoms with E-state index in [0.717, 1.165) is 17.8 Å². The molecule has 13 heteroatoms. The third kappa shape index (κ3) is 7.12. The number of hydrogen-bond donors (Lipinski definition) is 0. The van der Waals surface area contributed by atoms with Crippen LogP contribution < -0.4 is 14.4 Å². The molecule has 0 saturated carbocycles. The molecule has 3 aromatic rings. The minimum absolute atomic E-state index is 0. The first-order valence-electron chi connectivity index (χ1n) is 13.4. The fraction of sp³-hybridized carbons (Fsp3) is 0.500. The summed E-state index contributed by atoms with van der Waals surface area (Å²) in [7, 11) is -0.544. The second-order valence-corrected chi connectivity index (χ2v) is 12.6. The molecule has 2 heterocycles. The molecule has 0 radical (unpaired) electrons. The lowest BCUT2D eigenvalue weighted by molar-refractivity contribution is -0.0440. The second kappa shape index (κ2) is 14.1. The number of halogens is 1. The number of hydrogen-bond acceptors (Lipinski definition) is 9. The molecule has 1 aliphatic rings. The lowest BCUT2D eigenvalue weighted by atomic mass is 10.2. The third-order valence-electron chi connectivity index (χ3n) is 7.03. The van der Waals surface area contributed by atoms with E-state index in [9.17, 15) is 13.2 Å². The summed E-state index contributed by atoms with van der Waals surface area (Å²) in [6.07, 6.45) is -0.380. The highest BCUT2D eigenvalue weighted by Crippen LogP contribution is 2.40. The maximum absolute atomic E-state index is 13.9. The van der Waals surface area contributed by atoms with Gasteiger partial charge in [0.25, 0.3) is 5.91 Å². The molecule has 2 unspecified atom stereocenters. The molecule has 1 fully saturated rings. The summed E-state index contributed by atoms with van der Waals surface area (Å²) >= 11 is 1.36. The lowest BCUT2D eigenvalue weighted by Gasteiger charge is -2.34. The van der Waals surface area contributed by atoms with E-state index >= 15 is 0 Å². The van der Waals surface area contributed by atoms with Crippen molar-refractivity contribution < 1.29 is 27.4 Å². The van der Waals surface area contributed by atoms with Gasteiger partial charge in [-0.1, -0.05) is 25.2 Å². The number of benzene rings is 2. The Morgan fingerprint density at radius 2 is 1.59 bits per heavy atom. The molecule has 0 N–H and O–H groups in total. The van der Waals surface area contributed by atoms with Crippen molar-refractivity contribution in [2.24, 2.45) is 0 Å². The molecule has 10 nitrogen and oxygen atoms in total. The maximum atomic E-state index is 13.9. The van der Waals surface area contributed by atoms with Crippen LogP contribution >= 0.6 is 23.7 Å². The second-order valence-electron chi connectivity index (χ2n) is 9.73. The average molecular weight is 627 g/mol. The van der Waals surface area contributed by atoms with E-state index in [2.05, 4.69) is 18.7 Å². The highest BCUT2D eigenvalue weighted by Gasteiger charge is 2.32. The number of methoxy groups -OCH3 is 2. The van der Waals surface area contributed by atoms with Gasteiger partial charge in [-0.3, -0.25) is 9.69 Å². The van der Waals surface area contributed by atoms with Gasteiger partial charge in [-0.05, 0) is 63.3 Å². The number of carbonyl (C=O) groups is 1. The number of anilines is 1. The van der Waals surface area contributed by atoms with Gasteiger partial charge in [0.15, 0.2) is 5.13 Å². The van der Waals surface area contributed by atoms with E-state index in [-0.39, 0.29) is 48.5 Å². The number of morpholine rings is 1. The van der Waals surface area contributed by atoms with Gasteiger partial charge in [0.05, 0.1) is 31.3 Å². The molecule has 0 bridgehead atoms. The zero-order valence-electron chi connectivity index (χ0n) is 24.3. The van der Waals surface area contributed by atoms with Crippen molar-refractivity contribution in [3.63, 3.8) is 0 Å². The minimum atomic E-state index is -3.72. The Hall–Kier alpha value is -2.48. The number of nitrogens with zero attached hydrogens (tertiary/aromatic N) is 4. The van der Waals surface area contributed by atoms with Gasteiger partial charge in [-0.15, -0.1) is 12.4 Å². The first kappa shape index (κ1) is 33.0. The molecule has 1 aromatic heterocycles. The number of sulfonamides is 1. The molecular weight excluding hydrogens is 588 g/mol. The van der Waals surface area contributed by atoms with E-state index in [4.69, 9.17) is 19.2 Å². The first-order valence-corrected chi connectivity index (χ1v) is 15.7. The van der Waals surface area contributed by atoms with E-state index in [1.165, 1.54) is 27.8 Å². The number of carbonyl (C=O) groups excluding carboxylic acids is 1. The van der Waals surface area contributed by atoms with Gasteiger partial charge >= 0.3 is 0 Å². The number of amides is 1. The van der Waals surface area contributed by atoms with Crippen molar-refractivity contribution in [1.82, 2.24) is 14.2 Å². The molecule has 2 atom stereocenters. The van der Waals surface area contributed by atoms with Gasteiger partial charge in [-0.25, -0.2) is 13.4 Å². The van der Waals surface area contributed by atoms with Crippen LogP contribution in [0.2, 0.25) is 0 Å². The van der Waals surface area contributed by atoms with Crippen LogP contribution in [0.3, 0.4) is 0 Å². The Balaban J connectivity index is 0.00000462. The lowest BCUT2D eigenvalue weighted by Crippen LogP contribution is -2.48. The molecular formula is C28H39ClN4O6S2. The largest absolute Gasteiger partial charge is 0.495 e. The molecule has 0 spiro atoms.